The van der Waals surface area contributed by atoms with Crippen molar-refractivity contribution >= 4 is 40.3 Å². The van der Waals surface area contributed by atoms with Crippen molar-refractivity contribution in [1.82, 2.24) is 5.32 Å². The summed E-state index contributed by atoms with van der Waals surface area (Å²) in [6.45, 7) is 2.82. The van der Waals surface area contributed by atoms with Crippen LogP contribution < -0.4 is 15.4 Å². The summed E-state index contributed by atoms with van der Waals surface area (Å²) in [5.41, 5.74) is 0.783. The van der Waals surface area contributed by atoms with E-state index in [1.165, 1.54) is 11.3 Å². The quantitative estimate of drug-likeness (QED) is 0.618. The third kappa shape index (κ3) is 5.13. The molecule has 2 N–H and O–H groups in total. The molecule has 4 nitrogen and oxygen atoms in total. The highest BCUT2D eigenvalue weighted by Crippen LogP contribution is 2.17. The number of hydrogen-bond acceptors (Lipinski definition) is 4. The van der Waals surface area contributed by atoms with Crippen LogP contribution in [0.4, 0.5) is 5.69 Å². The van der Waals surface area contributed by atoms with Gasteiger partial charge in [-0.2, -0.15) is 0 Å². The normalized spacial score (nSPS) is 10.0. The topological polar surface area (TPSA) is 50.4 Å². The minimum Gasteiger partial charge on any atom is -0.494 e. The van der Waals surface area contributed by atoms with Gasteiger partial charge in [-0.1, -0.05) is 25.5 Å². The zero-order valence-corrected chi connectivity index (χ0v) is 13.9. The average molecular weight is 334 g/mol. The van der Waals surface area contributed by atoms with Gasteiger partial charge in [0, 0.05) is 11.8 Å². The van der Waals surface area contributed by atoms with Crippen LogP contribution in [0, 0.1) is 0 Å². The minimum absolute atomic E-state index is 0.206. The van der Waals surface area contributed by atoms with Gasteiger partial charge in [-0.25, -0.2) is 0 Å². The van der Waals surface area contributed by atoms with Crippen LogP contribution in [0.25, 0.3) is 0 Å². The van der Waals surface area contributed by atoms with Crippen molar-refractivity contribution in [1.29, 1.82) is 0 Å². The SMILES string of the molecule is CCCCOc1cccc(NC(=S)NC(=O)c2cccs2)c1. The number of carbonyl (C=O) groups is 1. The molecule has 2 rings (SSSR count). The van der Waals surface area contributed by atoms with Gasteiger partial charge >= 0.3 is 0 Å². The summed E-state index contributed by atoms with van der Waals surface area (Å²) in [5.74, 6) is 0.577. The molecule has 1 aromatic carbocycles. The van der Waals surface area contributed by atoms with Gasteiger partial charge in [0.05, 0.1) is 11.5 Å². The van der Waals surface area contributed by atoms with Crippen LogP contribution in [-0.4, -0.2) is 17.6 Å². The Kier molecular flexibility index (Phi) is 6.36. The number of ether oxygens (including phenoxy) is 1. The van der Waals surface area contributed by atoms with Crippen molar-refractivity contribution in [3.05, 3.63) is 46.7 Å². The Morgan fingerprint density at radius 3 is 2.91 bits per heavy atom. The lowest BCUT2D eigenvalue weighted by molar-refractivity contribution is 0.0981. The summed E-state index contributed by atoms with van der Waals surface area (Å²) in [6.07, 6.45) is 2.11. The molecule has 6 heteroatoms. The summed E-state index contributed by atoms with van der Waals surface area (Å²) in [4.78, 5) is 12.5. The number of carbonyl (C=O) groups excluding carboxylic acids is 1. The number of thiophene rings is 1. The molecule has 2 aromatic rings. The summed E-state index contributed by atoms with van der Waals surface area (Å²) in [5, 5.41) is 7.76. The smallest absolute Gasteiger partial charge is 0.267 e. The van der Waals surface area contributed by atoms with E-state index in [1.54, 1.807) is 6.07 Å². The second kappa shape index (κ2) is 8.51. The number of hydrogen-bond donors (Lipinski definition) is 2. The molecule has 1 amide bonds. The van der Waals surface area contributed by atoms with E-state index >= 15 is 0 Å². The number of amides is 1. The standard InChI is InChI=1S/C16H18N2O2S2/c1-2-3-9-20-13-7-4-6-12(11-13)17-16(21)18-15(19)14-8-5-10-22-14/h4-8,10-11H,2-3,9H2,1H3,(H2,17,18,19,21). The van der Waals surface area contributed by atoms with Gasteiger partial charge in [0.25, 0.3) is 5.91 Å². The fourth-order valence-corrected chi connectivity index (χ4v) is 2.56. The van der Waals surface area contributed by atoms with Gasteiger partial charge in [0.1, 0.15) is 5.75 Å². The Balaban J connectivity index is 1.88. The van der Waals surface area contributed by atoms with Gasteiger partial charge in [-0.15, -0.1) is 11.3 Å². The lowest BCUT2D eigenvalue weighted by Gasteiger charge is -2.11. The monoisotopic (exact) mass is 334 g/mol. The van der Waals surface area contributed by atoms with E-state index in [-0.39, 0.29) is 11.0 Å². The van der Waals surface area contributed by atoms with Crippen molar-refractivity contribution in [2.45, 2.75) is 19.8 Å². The zero-order chi connectivity index (χ0) is 15.8. The molecule has 0 atom stereocenters. The summed E-state index contributed by atoms with van der Waals surface area (Å²) in [6, 6.07) is 11.1. The second-order valence-corrected chi connectivity index (χ2v) is 5.97. The minimum atomic E-state index is -0.206. The van der Waals surface area contributed by atoms with E-state index in [2.05, 4.69) is 17.6 Å². The maximum absolute atomic E-state index is 11.9. The van der Waals surface area contributed by atoms with E-state index in [1.807, 2.05) is 35.7 Å². The first-order valence-electron chi connectivity index (χ1n) is 7.07. The molecule has 0 fully saturated rings. The fraction of sp³-hybridized carbons (Fsp3) is 0.250. The molecule has 0 aliphatic carbocycles. The van der Waals surface area contributed by atoms with E-state index in [0.29, 0.717) is 11.5 Å². The van der Waals surface area contributed by atoms with Crippen molar-refractivity contribution in [3.63, 3.8) is 0 Å². The predicted molar refractivity (Wildman–Crippen MR) is 94.9 cm³/mol. The van der Waals surface area contributed by atoms with Crippen molar-refractivity contribution < 1.29 is 9.53 Å². The van der Waals surface area contributed by atoms with Crippen LogP contribution in [0.5, 0.6) is 5.75 Å². The molecule has 0 radical (unpaired) electrons. The molecular weight excluding hydrogens is 316 g/mol. The first-order valence-corrected chi connectivity index (χ1v) is 8.36. The number of unbranched alkanes of at least 4 members (excludes halogenated alkanes) is 1. The molecule has 0 unspecified atom stereocenters. The Morgan fingerprint density at radius 2 is 2.18 bits per heavy atom. The molecule has 0 aliphatic heterocycles. The molecule has 116 valence electrons. The lowest BCUT2D eigenvalue weighted by atomic mass is 10.3. The van der Waals surface area contributed by atoms with Crippen molar-refractivity contribution in [2.75, 3.05) is 11.9 Å². The first kappa shape index (κ1) is 16.5. The summed E-state index contributed by atoms with van der Waals surface area (Å²) in [7, 11) is 0. The number of thiocarbonyl (C=S) groups is 1. The number of anilines is 1. The van der Waals surface area contributed by atoms with E-state index in [4.69, 9.17) is 17.0 Å². The molecule has 0 spiro atoms. The van der Waals surface area contributed by atoms with E-state index in [0.717, 1.165) is 24.3 Å². The Bertz CT molecular complexity index is 627. The molecule has 0 saturated carbocycles. The van der Waals surface area contributed by atoms with Crippen LogP contribution >= 0.6 is 23.6 Å². The summed E-state index contributed by atoms with van der Waals surface area (Å²) < 4.78 is 5.64. The van der Waals surface area contributed by atoms with Gasteiger partial charge < -0.3 is 10.1 Å². The van der Waals surface area contributed by atoms with Gasteiger partial charge in [0.2, 0.25) is 0 Å². The predicted octanol–water partition coefficient (Wildman–Crippen LogP) is 4.05. The third-order valence-electron chi connectivity index (χ3n) is 2.83. The van der Waals surface area contributed by atoms with Gasteiger partial charge in [0.15, 0.2) is 5.11 Å². The van der Waals surface area contributed by atoms with Crippen LogP contribution in [0.15, 0.2) is 41.8 Å². The van der Waals surface area contributed by atoms with Crippen LogP contribution in [0.1, 0.15) is 29.4 Å². The maximum atomic E-state index is 11.9. The second-order valence-electron chi connectivity index (χ2n) is 4.62. The zero-order valence-electron chi connectivity index (χ0n) is 12.3. The number of benzene rings is 1. The molecule has 22 heavy (non-hydrogen) atoms. The van der Waals surface area contributed by atoms with Crippen LogP contribution in [-0.2, 0) is 0 Å². The molecular formula is C16H18N2O2S2. The first-order chi connectivity index (χ1) is 10.7. The molecule has 1 heterocycles. The lowest BCUT2D eigenvalue weighted by Crippen LogP contribution is -2.33. The van der Waals surface area contributed by atoms with Gasteiger partial charge in [-0.05, 0) is 42.2 Å². The number of nitrogens with one attached hydrogen (secondary N) is 2. The van der Waals surface area contributed by atoms with Crippen molar-refractivity contribution in [2.24, 2.45) is 0 Å². The molecule has 0 saturated heterocycles. The van der Waals surface area contributed by atoms with Crippen LogP contribution in [0.3, 0.4) is 0 Å². The molecule has 0 bridgehead atoms. The summed E-state index contributed by atoms with van der Waals surface area (Å²) >= 11 is 6.53. The Hall–Kier alpha value is -1.92. The van der Waals surface area contributed by atoms with E-state index in [9.17, 15) is 4.79 Å². The van der Waals surface area contributed by atoms with E-state index < -0.39 is 0 Å². The molecule has 0 aliphatic rings. The Labute approximate surface area is 139 Å². The van der Waals surface area contributed by atoms with Gasteiger partial charge in [-0.3, -0.25) is 10.1 Å². The average Bonchev–Trinajstić information content (AvgIpc) is 3.02. The maximum Gasteiger partial charge on any atom is 0.267 e. The Morgan fingerprint density at radius 1 is 1.32 bits per heavy atom. The highest BCUT2D eigenvalue weighted by atomic mass is 32.1. The largest absolute Gasteiger partial charge is 0.494 e. The highest BCUT2D eigenvalue weighted by molar-refractivity contribution is 7.80. The fourth-order valence-electron chi connectivity index (χ4n) is 1.73. The number of rotatable bonds is 6. The highest BCUT2D eigenvalue weighted by Gasteiger charge is 2.08. The van der Waals surface area contributed by atoms with Crippen molar-refractivity contribution in [3.8, 4) is 5.75 Å². The molecule has 1 aromatic heterocycles. The third-order valence-corrected chi connectivity index (χ3v) is 3.90. The van der Waals surface area contributed by atoms with Crippen LogP contribution in [0.2, 0.25) is 0 Å².